The van der Waals surface area contributed by atoms with E-state index in [9.17, 15) is 9.59 Å². The van der Waals surface area contributed by atoms with E-state index in [0.29, 0.717) is 6.42 Å². The van der Waals surface area contributed by atoms with Crippen LogP contribution >= 0.6 is 0 Å². The minimum absolute atomic E-state index is 0.0210. The molecule has 0 fully saturated rings. The Morgan fingerprint density at radius 3 is 2.09 bits per heavy atom. The van der Waals surface area contributed by atoms with Gasteiger partial charge in [-0.1, -0.05) is 6.08 Å². The van der Waals surface area contributed by atoms with Crippen LogP contribution in [-0.2, 0) is 19.1 Å². The van der Waals surface area contributed by atoms with Crippen molar-refractivity contribution in [3.63, 3.8) is 0 Å². The van der Waals surface area contributed by atoms with Crippen molar-refractivity contribution in [3.05, 3.63) is 24.3 Å². The summed E-state index contributed by atoms with van der Waals surface area (Å²) >= 11 is 0. The summed E-state index contributed by atoms with van der Waals surface area (Å²) in [5.74, 6) is -1.51. The predicted molar refractivity (Wildman–Crippen MR) is 79.1 cm³/mol. The average Bonchev–Trinajstić information content (AvgIpc) is 2.50. The summed E-state index contributed by atoms with van der Waals surface area (Å²) in [5.41, 5.74) is -1.62. The molecule has 0 unspecified atom stereocenters. The summed E-state index contributed by atoms with van der Waals surface area (Å²) in [4.78, 5) is 24.7. The summed E-state index contributed by atoms with van der Waals surface area (Å²) in [5, 5.41) is 17.8. The van der Waals surface area contributed by atoms with Crippen molar-refractivity contribution >= 4 is 11.9 Å². The van der Waals surface area contributed by atoms with Crippen LogP contribution in [0.3, 0.4) is 0 Å². The van der Waals surface area contributed by atoms with Crippen LogP contribution in [0.15, 0.2) is 24.3 Å². The van der Waals surface area contributed by atoms with Gasteiger partial charge in [-0.15, -0.1) is 6.58 Å². The van der Waals surface area contributed by atoms with Crippen LogP contribution in [0, 0.1) is 28.1 Å². The lowest BCUT2D eigenvalue weighted by Gasteiger charge is -2.28. The number of carbonyl (C=O) groups excluding carboxylic acids is 2. The van der Waals surface area contributed by atoms with Crippen LogP contribution < -0.4 is 0 Å². The smallest absolute Gasteiger partial charge is 0.323 e. The van der Waals surface area contributed by atoms with Gasteiger partial charge in [0.15, 0.2) is 5.41 Å². The zero-order valence-electron chi connectivity index (χ0n) is 12.9. The Morgan fingerprint density at radius 2 is 1.73 bits per heavy atom. The zero-order valence-corrected chi connectivity index (χ0v) is 12.9. The molecule has 0 aliphatic carbocycles. The van der Waals surface area contributed by atoms with Crippen molar-refractivity contribution in [2.45, 2.75) is 33.1 Å². The second-order valence-electron chi connectivity index (χ2n) is 4.44. The van der Waals surface area contributed by atoms with E-state index in [1.165, 1.54) is 0 Å². The quantitative estimate of drug-likeness (QED) is 0.281. The fourth-order valence-electron chi connectivity index (χ4n) is 1.93. The van der Waals surface area contributed by atoms with Gasteiger partial charge in [-0.2, -0.15) is 10.5 Å². The number of nitriles is 2. The lowest BCUT2D eigenvalue weighted by Crippen LogP contribution is -2.42. The van der Waals surface area contributed by atoms with Gasteiger partial charge in [-0.05, 0) is 26.7 Å². The van der Waals surface area contributed by atoms with Crippen molar-refractivity contribution in [3.8, 4) is 12.1 Å². The first-order valence-corrected chi connectivity index (χ1v) is 6.96. The maximum atomic E-state index is 12.4. The first-order chi connectivity index (χ1) is 10.5. The van der Waals surface area contributed by atoms with E-state index in [4.69, 9.17) is 20.0 Å². The fraction of sp³-hybridized carbons (Fsp3) is 0.500. The second kappa shape index (κ2) is 10.2. The predicted octanol–water partition coefficient (Wildman–Crippen LogP) is 2.43. The standard InChI is InChI=1S/C16H20N2O4/c1-4-7-9-16(14(19)21-5-2,15(20)22-6-3)11-13(12-18)8-10-17/h4,8H,1,5-7,9,11H2,2-3H3/b13-8-. The summed E-state index contributed by atoms with van der Waals surface area (Å²) in [6.07, 6.45) is 2.80. The van der Waals surface area contributed by atoms with Gasteiger partial charge in [0.1, 0.15) is 0 Å². The monoisotopic (exact) mass is 304 g/mol. The van der Waals surface area contributed by atoms with E-state index < -0.39 is 17.4 Å². The molecule has 0 aromatic heterocycles. The number of carbonyl (C=O) groups is 2. The molecule has 22 heavy (non-hydrogen) atoms. The largest absolute Gasteiger partial charge is 0.465 e. The highest BCUT2D eigenvalue weighted by molar-refractivity contribution is 6.00. The molecule has 6 nitrogen and oxygen atoms in total. The molecular weight excluding hydrogens is 284 g/mol. The van der Waals surface area contributed by atoms with E-state index >= 15 is 0 Å². The topological polar surface area (TPSA) is 100 Å². The van der Waals surface area contributed by atoms with Crippen LogP contribution in [0.2, 0.25) is 0 Å². The lowest BCUT2D eigenvalue weighted by molar-refractivity contribution is -0.172. The summed E-state index contributed by atoms with van der Waals surface area (Å²) in [6, 6.07) is 3.56. The molecule has 0 spiro atoms. The van der Waals surface area contributed by atoms with Crippen LogP contribution in [0.1, 0.15) is 33.1 Å². The average molecular weight is 304 g/mol. The number of hydrogen-bond acceptors (Lipinski definition) is 6. The molecule has 0 aromatic rings. The number of nitrogens with zero attached hydrogens (tertiary/aromatic N) is 2. The minimum atomic E-state index is -1.64. The summed E-state index contributed by atoms with van der Waals surface area (Å²) in [6.45, 7) is 7.01. The van der Waals surface area contributed by atoms with Gasteiger partial charge in [-0.25, -0.2) is 0 Å². The Labute approximate surface area is 130 Å². The highest BCUT2D eigenvalue weighted by Crippen LogP contribution is 2.35. The van der Waals surface area contributed by atoms with Crippen LogP contribution in [-0.4, -0.2) is 25.2 Å². The van der Waals surface area contributed by atoms with Crippen molar-refractivity contribution in [1.82, 2.24) is 0 Å². The van der Waals surface area contributed by atoms with Gasteiger partial charge in [0.05, 0.1) is 25.4 Å². The van der Waals surface area contributed by atoms with E-state index in [0.717, 1.165) is 6.08 Å². The molecule has 0 N–H and O–H groups in total. The molecule has 0 saturated heterocycles. The fourth-order valence-corrected chi connectivity index (χ4v) is 1.93. The maximum absolute atomic E-state index is 12.4. The molecule has 0 aromatic carbocycles. The number of allylic oxidation sites excluding steroid dienone is 3. The third-order valence-electron chi connectivity index (χ3n) is 2.98. The molecule has 0 saturated carbocycles. The van der Waals surface area contributed by atoms with E-state index in [2.05, 4.69) is 6.58 Å². The highest BCUT2D eigenvalue weighted by atomic mass is 16.6. The lowest BCUT2D eigenvalue weighted by atomic mass is 9.77. The van der Waals surface area contributed by atoms with E-state index in [1.54, 1.807) is 26.0 Å². The molecule has 0 amide bonds. The molecule has 118 valence electrons. The van der Waals surface area contributed by atoms with Gasteiger partial charge in [0.25, 0.3) is 0 Å². The number of hydrogen-bond donors (Lipinski definition) is 0. The normalized spacial score (nSPS) is 11.0. The van der Waals surface area contributed by atoms with Crippen molar-refractivity contribution in [2.24, 2.45) is 5.41 Å². The maximum Gasteiger partial charge on any atom is 0.323 e. The second-order valence-corrected chi connectivity index (χ2v) is 4.44. The zero-order chi connectivity index (χ0) is 17.0. The molecule has 0 atom stereocenters. The first kappa shape index (κ1) is 19.4. The van der Waals surface area contributed by atoms with Crippen molar-refractivity contribution in [2.75, 3.05) is 13.2 Å². The Kier molecular flexibility index (Phi) is 8.97. The Hall–Kier alpha value is -2.60. The number of esters is 2. The molecule has 0 aliphatic heterocycles. The molecule has 6 heteroatoms. The van der Waals surface area contributed by atoms with Gasteiger partial charge < -0.3 is 9.47 Å². The Bertz CT molecular complexity index is 505. The van der Waals surface area contributed by atoms with Gasteiger partial charge in [0, 0.05) is 18.1 Å². The van der Waals surface area contributed by atoms with E-state index in [-0.39, 0.29) is 31.6 Å². The third kappa shape index (κ3) is 5.06. The molecule has 0 bridgehead atoms. The van der Waals surface area contributed by atoms with E-state index in [1.807, 2.05) is 6.07 Å². The van der Waals surface area contributed by atoms with Gasteiger partial charge in [0.2, 0.25) is 0 Å². The number of ether oxygens (including phenoxy) is 2. The highest BCUT2D eigenvalue weighted by Gasteiger charge is 2.48. The van der Waals surface area contributed by atoms with Gasteiger partial charge >= 0.3 is 11.9 Å². The molecule has 0 rings (SSSR count). The van der Waals surface area contributed by atoms with Crippen LogP contribution in [0.4, 0.5) is 0 Å². The first-order valence-electron chi connectivity index (χ1n) is 6.96. The van der Waals surface area contributed by atoms with Gasteiger partial charge in [-0.3, -0.25) is 9.59 Å². The third-order valence-corrected chi connectivity index (χ3v) is 2.98. The molecule has 0 heterocycles. The van der Waals surface area contributed by atoms with Crippen molar-refractivity contribution in [1.29, 1.82) is 10.5 Å². The minimum Gasteiger partial charge on any atom is -0.465 e. The SMILES string of the molecule is C=CCCC(C/C(C#N)=C/C#N)(C(=O)OCC)C(=O)OCC. The van der Waals surface area contributed by atoms with Crippen molar-refractivity contribution < 1.29 is 19.1 Å². The molecule has 0 aliphatic rings. The Morgan fingerprint density at radius 1 is 1.18 bits per heavy atom. The molecule has 0 radical (unpaired) electrons. The summed E-state index contributed by atoms with van der Waals surface area (Å²) in [7, 11) is 0. The van der Waals surface area contributed by atoms with Crippen LogP contribution in [0.25, 0.3) is 0 Å². The summed E-state index contributed by atoms with van der Waals surface area (Å²) < 4.78 is 10.0. The van der Waals surface area contributed by atoms with Crippen LogP contribution in [0.5, 0.6) is 0 Å². The Balaban J connectivity index is 5.83. The molecular formula is C16H20N2O4. The number of rotatable bonds is 9.